The summed E-state index contributed by atoms with van der Waals surface area (Å²) >= 11 is 0. The van der Waals surface area contributed by atoms with Gasteiger partial charge in [0, 0.05) is 0 Å². The second kappa shape index (κ2) is 4.22. The summed E-state index contributed by atoms with van der Waals surface area (Å²) in [6.45, 7) is 4.94. The number of aromatic amines is 1. The summed E-state index contributed by atoms with van der Waals surface area (Å²) in [7, 11) is 0. The molecular formula is C12H9N3O3. The van der Waals surface area contributed by atoms with E-state index >= 15 is 0 Å². The fourth-order valence-corrected chi connectivity index (χ4v) is 1.56. The topological polar surface area (TPSA) is 87.9 Å². The Morgan fingerprint density at radius 3 is 2.89 bits per heavy atom. The second-order valence-electron chi connectivity index (χ2n) is 3.68. The van der Waals surface area contributed by atoms with Crippen LogP contribution in [0.5, 0.6) is 0 Å². The van der Waals surface area contributed by atoms with E-state index in [9.17, 15) is 9.59 Å². The highest BCUT2D eigenvalue weighted by atomic mass is 16.6. The van der Waals surface area contributed by atoms with Crippen molar-refractivity contribution in [1.29, 1.82) is 5.26 Å². The molecule has 0 unspecified atom stereocenters. The van der Waals surface area contributed by atoms with Crippen molar-refractivity contribution >= 4 is 17.1 Å². The van der Waals surface area contributed by atoms with E-state index in [1.807, 2.05) is 6.07 Å². The van der Waals surface area contributed by atoms with Crippen LogP contribution >= 0.6 is 0 Å². The van der Waals surface area contributed by atoms with Crippen LogP contribution in [0.15, 0.2) is 35.3 Å². The Labute approximate surface area is 102 Å². The molecule has 1 heterocycles. The Morgan fingerprint density at radius 2 is 2.28 bits per heavy atom. The second-order valence-corrected chi connectivity index (χ2v) is 3.68. The first-order valence-electron chi connectivity index (χ1n) is 5.05. The SMILES string of the molecule is C=C(C)OC(=O)n1c(=O)[nH]c2cc(C#N)ccc21. The first-order chi connectivity index (χ1) is 8.52. The average molecular weight is 243 g/mol. The Balaban J connectivity index is 2.62. The molecule has 2 rings (SSSR count). The van der Waals surface area contributed by atoms with E-state index in [4.69, 9.17) is 10.00 Å². The van der Waals surface area contributed by atoms with Crippen molar-refractivity contribution in [1.82, 2.24) is 9.55 Å². The van der Waals surface area contributed by atoms with Gasteiger partial charge in [0.2, 0.25) is 0 Å². The fourth-order valence-electron chi connectivity index (χ4n) is 1.56. The third-order valence-corrected chi connectivity index (χ3v) is 2.26. The van der Waals surface area contributed by atoms with Gasteiger partial charge in [-0.25, -0.2) is 9.59 Å². The summed E-state index contributed by atoms with van der Waals surface area (Å²) in [6, 6.07) is 6.45. The van der Waals surface area contributed by atoms with Crippen molar-refractivity contribution in [3.05, 3.63) is 46.6 Å². The van der Waals surface area contributed by atoms with Crippen LogP contribution in [0.2, 0.25) is 0 Å². The molecule has 0 atom stereocenters. The highest BCUT2D eigenvalue weighted by Crippen LogP contribution is 2.13. The molecule has 2 aromatic rings. The van der Waals surface area contributed by atoms with Crippen molar-refractivity contribution in [3.8, 4) is 6.07 Å². The van der Waals surface area contributed by atoms with E-state index in [-0.39, 0.29) is 5.76 Å². The molecule has 1 aromatic heterocycles. The number of benzene rings is 1. The number of imidazole rings is 1. The van der Waals surface area contributed by atoms with Crippen molar-refractivity contribution in [2.75, 3.05) is 0 Å². The Kier molecular flexibility index (Phi) is 2.73. The maximum Gasteiger partial charge on any atom is 0.427 e. The van der Waals surface area contributed by atoms with Gasteiger partial charge in [0.25, 0.3) is 0 Å². The lowest BCUT2D eigenvalue weighted by atomic mass is 10.2. The van der Waals surface area contributed by atoms with Crippen LogP contribution in [0.4, 0.5) is 4.79 Å². The number of hydrogen-bond donors (Lipinski definition) is 1. The van der Waals surface area contributed by atoms with Crippen LogP contribution in [-0.2, 0) is 4.74 Å². The zero-order valence-corrected chi connectivity index (χ0v) is 9.56. The molecule has 0 aliphatic rings. The largest absolute Gasteiger partial charge is 0.427 e. The van der Waals surface area contributed by atoms with E-state index in [1.165, 1.54) is 25.1 Å². The number of rotatable bonds is 1. The number of hydrogen-bond acceptors (Lipinski definition) is 4. The van der Waals surface area contributed by atoms with Crippen LogP contribution < -0.4 is 5.69 Å². The predicted molar refractivity (Wildman–Crippen MR) is 64.0 cm³/mol. The molecule has 0 saturated heterocycles. The van der Waals surface area contributed by atoms with Gasteiger partial charge in [0.1, 0.15) is 0 Å². The minimum atomic E-state index is -0.830. The van der Waals surface area contributed by atoms with Gasteiger partial charge in [-0.15, -0.1) is 0 Å². The van der Waals surface area contributed by atoms with Crippen LogP contribution in [-0.4, -0.2) is 15.6 Å². The number of nitrogens with zero attached hydrogens (tertiary/aromatic N) is 2. The van der Waals surface area contributed by atoms with Gasteiger partial charge in [-0.1, -0.05) is 6.58 Å². The highest BCUT2D eigenvalue weighted by Gasteiger charge is 2.15. The first-order valence-corrected chi connectivity index (χ1v) is 5.05. The van der Waals surface area contributed by atoms with Crippen LogP contribution in [0.3, 0.4) is 0 Å². The molecule has 6 nitrogen and oxygen atoms in total. The third kappa shape index (κ3) is 1.89. The number of nitriles is 1. The van der Waals surface area contributed by atoms with E-state index in [1.54, 1.807) is 0 Å². The number of carbonyl (C=O) groups is 1. The van der Waals surface area contributed by atoms with E-state index in [0.717, 1.165) is 4.57 Å². The summed E-state index contributed by atoms with van der Waals surface area (Å²) in [5.41, 5.74) is 0.526. The van der Waals surface area contributed by atoms with Gasteiger partial charge in [-0.2, -0.15) is 9.83 Å². The number of allylic oxidation sites excluding steroid dienone is 1. The summed E-state index contributed by atoms with van der Waals surface area (Å²) in [5.74, 6) is 0.190. The van der Waals surface area contributed by atoms with E-state index < -0.39 is 11.8 Å². The first kappa shape index (κ1) is 11.7. The summed E-state index contributed by atoms with van der Waals surface area (Å²) in [6.07, 6.45) is -0.830. The molecule has 1 N–H and O–H groups in total. The Bertz CT molecular complexity index is 746. The zero-order chi connectivity index (χ0) is 13.3. The molecule has 0 aliphatic heterocycles. The van der Waals surface area contributed by atoms with Crippen molar-refractivity contribution in [2.24, 2.45) is 0 Å². The van der Waals surface area contributed by atoms with Gasteiger partial charge >= 0.3 is 11.8 Å². The Morgan fingerprint density at radius 1 is 1.56 bits per heavy atom. The van der Waals surface area contributed by atoms with E-state index in [2.05, 4.69) is 11.6 Å². The number of aromatic nitrogens is 2. The molecule has 90 valence electrons. The number of nitrogens with one attached hydrogen (secondary N) is 1. The normalized spacial score (nSPS) is 10.0. The highest BCUT2D eigenvalue weighted by molar-refractivity contribution is 5.87. The minimum absolute atomic E-state index is 0.190. The maximum atomic E-state index is 11.7. The van der Waals surface area contributed by atoms with Gasteiger partial charge in [0.15, 0.2) is 0 Å². The minimum Gasteiger partial charge on any atom is -0.415 e. The lowest BCUT2D eigenvalue weighted by Crippen LogP contribution is -2.24. The molecule has 0 spiro atoms. The lowest BCUT2D eigenvalue weighted by Gasteiger charge is -2.03. The van der Waals surface area contributed by atoms with Crippen molar-refractivity contribution in [2.45, 2.75) is 6.92 Å². The summed E-state index contributed by atoms with van der Waals surface area (Å²) in [4.78, 5) is 25.8. The number of fused-ring (bicyclic) bond motifs is 1. The monoisotopic (exact) mass is 243 g/mol. The fraction of sp³-hybridized carbons (Fsp3) is 0.0833. The van der Waals surface area contributed by atoms with Crippen molar-refractivity contribution < 1.29 is 9.53 Å². The molecule has 6 heteroatoms. The molecule has 0 amide bonds. The standard InChI is InChI=1S/C12H9N3O3/c1-7(2)18-12(17)15-10-4-3-8(6-13)5-9(10)14-11(15)16/h3-5H,1H2,2H3,(H,14,16). The predicted octanol–water partition coefficient (Wildman–Crippen LogP) is 1.72. The molecule has 1 aromatic carbocycles. The molecule has 18 heavy (non-hydrogen) atoms. The number of H-pyrrole nitrogens is 1. The van der Waals surface area contributed by atoms with Gasteiger partial charge < -0.3 is 9.72 Å². The molecule has 0 aliphatic carbocycles. The quantitative estimate of drug-likeness (QED) is 0.772. The van der Waals surface area contributed by atoms with Gasteiger partial charge in [-0.3, -0.25) is 0 Å². The number of carbonyl (C=O) groups excluding carboxylic acids is 1. The lowest BCUT2D eigenvalue weighted by molar-refractivity contribution is 0.178. The maximum absolute atomic E-state index is 11.7. The molecule has 0 radical (unpaired) electrons. The third-order valence-electron chi connectivity index (χ3n) is 2.26. The number of ether oxygens (including phenoxy) is 1. The zero-order valence-electron chi connectivity index (χ0n) is 9.56. The van der Waals surface area contributed by atoms with Crippen LogP contribution in [0.1, 0.15) is 12.5 Å². The Hall–Kier alpha value is -2.81. The van der Waals surface area contributed by atoms with Gasteiger partial charge in [0.05, 0.1) is 28.4 Å². The molecule has 0 bridgehead atoms. The van der Waals surface area contributed by atoms with Crippen LogP contribution in [0, 0.1) is 11.3 Å². The van der Waals surface area contributed by atoms with E-state index in [0.29, 0.717) is 16.6 Å². The van der Waals surface area contributed by atoms with Gasteiger partial charge in [-0.05, 0) is 25.1 Å². The molecular weight excluding hydrogens is 234 g/mol. The van der Waals surface area contributed by atoms with Crippen LogP contribution in [0.25, 0.3) is 11.0 Å². The smallest absolute Gasteiger partial charge is 0.415 e. The summed E-state index contributed by atoms with van der Waals surface area (Å²) in [5, 5.41) is 8.75. The molecule has 0 saturated carbocycles. The molecule has 0 fully saturated rings. The average Bonchev–Trinajstić information content (AvgIpc) is 2.62. The summed E-state index contributed by atoms with van der Waals surface area (Å²) < 4.78 is 5.64. The van der Waals surface area contributed by atoms with Crippen molar-refractivity contribution in [3.63, 3.8) is 0 Å².